The Kier molecular flexibility index (Phi) is 9.16. The predicted octanol–water partition coefficient (Wildman–Crippen LogP) is 5.24. The minimum absolute atomic E-state index is 0.190. The van der Waals surface area contributed by atoms with E-state index in [9.17, 15) is 9.59 Å². The number of pyridine rings is 1. The van der Waals surface area contributed by atoms with Crippen molar-refractivity contribution in [1.29, 1.82) is 0 Å². The van der Waals surface area contributed by atoms with Crippen LogP contribution in [0.25, 0.3) is 0 Å². The summed E-state index contributed by atoms with van der Waals surface area (Å²) < 4.78 is 5.57. The lowest BCUT2D eigenvalue weighted by Gasteiger charge is -2.32. The summed E-state index contributed by atoms with van der Waals surface area (Å²) in [7, 11) is 2.14. The molecule has 2 N–H and O–H groups in total. The zero-order valence-corrected chi connectivity index (χ0v) is 24.2. The van der Waals surface area contributed by atoms with Crippen molar-refractivity contribution in [3.63, 3.8) is 0 Å². The average molecular weight is 557 g/mol. The zero-order valence-electron chi connectivity index (χ0n) is 24.2. The van der Waals surface area contributed by atoms with Crippen LogP contribution < -0.4 is 20.3 Å². The van der Waals surface area contributed by atoms with Gasteiger partial charge in [-0.3, -0.25) is 15.0 Å². The van der Waals surface area contributed by atoms with Crippen LogP contribution in [0.3, 0.4) is 0 Å². The van der Waals surface area contributed by atoms with E-state index in [1.165, 1.54) is 6.42 Å². The molecule has 3 aromatic rings. The molecule has 5 rings (SSSR count). The van der Waals surface area contributed by atoms with Crippen LogP contribution in [0.15, 0.2) is 60.8 Å². The van der Waals surface area contributed by atoms with Crippen molar-refractivity contribution < 1.29 is 14.3 Å². The van der Waals surface area contributed by atoms with E-state index in [2.05, 4.69) is 50.4 Å². The summed E-state index contributed by atoms with van der Waals surface area (Å²) in [6.07, 6.45) is 3.41. The fourth-order valence-electron chi connectivity index (χ4n) is 5.39. The van der Waals surface area contributed by atoms with E-state index in [4.69, 9.17) is 4.74 Å². The minimum atomic E-state index is -0.605. The SMILES string of the molecule is Cc1ccc(NC(=O)Oc2ccnc(N3CCCC(C)C3)c2)cc1NC(=O)c1cccc(CN2CCN(C)CC2)c1. The molecular weight excluding hydrogens is 516 g/mol. The molecule has 2 aliphatic heterocycles. The minimum Gasteiger partial charge on any atom is -0.410 e. The standard InChI is InChI=1S/C32H40N6O3/c1-23-6-5-13-38(21-23)30-20-28(11-12-33-30)41-32(40)34-27-10-9-24(2)29(19-27)35-31(39)26-8-4-7-25(18-26)22-37-16-14-36(3)15-17-37/h4,7-12,18-20,23H,5-6,13-17,21-22H2,1-3H3,(H,34,40)(H,35,39). The van der Waals surface area contributed by atoms with Crippen molar-refractivity contribution in [3.8, 4) is 5.75 Å². The van der Waals surface area contributed by atoms with Gasteiger partial charge in [-0.15, -0.1) is 0 Å². The van der Waals surface area contributed by atoms with Crippen LogP contribution in [-0.2, 0) is 6.54 Å². The summed E-state index contributed by atoms with van der Waals surface area (Å²) in [5.74, 6) is 1.67. The molecule has 2 aliphatic rings. The molecule has 1 unspecified atom stereocenters. The van der Waals surface area contributed by atoms with Gasteiger partial charge in [0, 0.05) is 75.0 Å². The van der Waals surface area contributed by atoms with Gasteiger partial charge in [0.25, 0.3) is 5.91 Å². The molecule has 9 heteroatoms. The van der Waals surface area contributed by atoms with Crippen LogP contribution in [0.2, 0.25) is 0 Å². The number of amides is 2. The Hall–Kier alpha value is -3.95. The van der Waals surface area contributed by atoms with E-state index < -0.39 is 6.09 Å². The first-order chi connectivity index (χ1) is 19.8. The number of anilines is 3. The first-order valence-electron chi connectivity index (χ1n) is 14.4. The van der Waals surface area contributed by atoms with Crippen LogP contribution in [0.4, 0.5) is 22.0 Å². The lowest BCUT2D eigenvalue weighted by molar-refractivity contribution is 0.102. The van der Waals surface area contributed by atoms with Gasteiger partial charge < -0.3 is 19.9 Å². The van der Waals surface area contributed by atoms with Gasteiger partial charge >= 0.3 is 6.09 Å². The summed E-state index contributed by atoms with van der Waals surface area (Å²) in [6.45, 7) is 11.0. The highest BCUT2D eigenvalue weighted by Crippen LogP contribution is 2.25. The average Bonchev–Trinajstić information content (AvgIpc) is 2.96. The van der Waals surface area contributed by atoms with Crippen molar-refractivity contribution in [1.82, 2.24) is 14.8 Å². The van der Waals surface area contributed by atoms with Crippen molar-refractivity contribution in [2.24, 2.45) is 5.92 Å². The number of ether oxygens (including phenoxy) is 1. The highest BCUT2D eigenvalue weighted by atomic mass is 16.6. The number of likely N-dealkylation sites (N-methyl/N-ethyl adjacent to an activating group) is 1. The Morgan fingerprint density at radius 1 is 1.00 bits per heavy atom. The number of rotatable bonds is 7. The first-order valence-corrected chi connectivity index (χ1v) is 14.4. The highest BCUT2D eigenvalue weighted by molar-refractivity contribution is 6.05. The fraction of sp³-hybridized carbons (Fsp3) is 0.406. The number of aryl methyl sites for hydroxylation is 1. The molecule has 0 bridgehead atoms. The molecule has 0 spiro atoms. The number of piperazine rings is 1. The number of hydrogen-bond acceptors (Lipinski definition) is 7. The van der Waals surface area contributed by atoms with Gasteiger partial charge in [-0.2, -0.15) is 0 Å². The van der Waals surface area contributed by atoms with E-state index in [1.807, 2.05) is 31.2 Å². The third-order valence-corrected chi connectivity index (χ3v) is 7.83. The van der Waals surface area contributed by atoms with Crippen molar-refractivity contribution in [2.45, 2.75) is 33.2 Å². The molecule has 3 heterocycles. The smallest absolute Gasteiger partial charge is 0.410 e. The summed E-state index contributed by atoms with van der Waals surface area (Å²) in [6, 6.07) is 16.6. The molecule has 1 atom stereocenters. The second kappa shape index (κ2) is 13.1. The molecule has 41 heavy (non-hydrogen) atoms. The number of nitrogens with zero attached hydrogens (tertiary/aromatic N) is 4. The molecule has 2 amide bonds. The Morgan fingerprint density at radius 2 is 1.83 bits per heavy atom. The zero-order chi connectivity index (χ0) is 28.8. The number of aromatic nitrogens is 1. The van der Waals surface area contributed by atoms with Gasteiger partial charge in [0.1, 0.15) is 11.6 Å². The van der Waals surface area contributed by atoms with E-state index in [1.54, 1.807) is 30.5 Å². The third-order valence-electron chi connectivity index (χ3n) is 7.83. The maximum absolute atomic E-state index is 13.2. The molecule has 2 aromatic carbocycles. The molecular formula is C32H40N6O3. The number of hydrogen-bond donors (Lipinski definition) is 2. The normalized spacial score (nSPS) is 18.1. The lowest BCUT2D eigenvalue weighted by atomic mass is 10.0. The van der Waals surface area contributed by atoms with Gasteiger partial charge in [0.15, 0.2) is 0 Å². The number of nitrogens with one attached hydrogen (secondary N) is 2. The molecule has 9 nitrogen and oxygen atoms in total. The lowest BCUT2D eigenvalue weighted by Crippen LogP contribution is -2.43. The molecule has 0 saturated carbocycles. The predicted molar refractivity (Wildman–Crippen MR) is 163 cm³/mol. The topological polar surface area (TPSA) is 90.0 Å². The molecule has 2 saturated heterocycles. The van der Waals surface area contributed by atoms with E-state index >= 15 is 0 Å². The van der Waals surface area contributed by atoms with Crippen molar-refractivity contribution in [3.05, 3.63) is 77.5 Å². The number of benzene rings is 2. The quantitative estimate of drug-likeness (QED) is 0.412. The van der Waals surface area contributed by atoms with Gasteiger partial charge in [0.2, 0.25) is 0 Å². The number of carbonyl (C=O) groups is 2. The largest absolute Gasteiger partial charge is 0.417 e. The summed E-state index contributed by atoms with van der Waals surface area (Å²) >= 11 is 0. The maximum atomic E-state index is 13.2. The number of piperidine rings is 1. The first kappa shape index (κ1) is 28.6. The molecule has 216 valence electrons. The van der Waals surface area contributed by atoms with Crippen LogP contribution in [0.1, 0.15) is 41.3 Å². The third kappa shape index (κ3) is 7.83. The van der Waals surface area contributed by atoms with Crippen LogP contribution in [0, 0.1) is 12.8 Å². The Balaban J connectivity index is 1.19. The van der Waals surface area contributed by atoms with Gasteiger partial charge in [-0.1, -0.05) is 25.1 Å². The van der Waals surface area contributed by atoms with Crippen LogP contribution in [-0.4, -0.2) is 73.1 Å². The maximum Gasteiger partial charge on any atom is 0.417 e. The second-order valence-electron chi connectivity index (χ2n) is 11.3. The van der Waals surface area contributed by atoms with Gasteiger partial charge in [0.05, 0.1) is 0 Å². The van der Waals surface area contributed by atoms with Gasteiger partial charge in [-0.05, 0) is 74.2 Å². The summed E-state index contributed by atoms with van der Waals surface area (Å²) in [5, 5.41) is 5.79. The van der Waals surface area contributed by atoms with E-state index in [-0.39, 0.29) is 5.91 Å². The molecule has 1 aromatic heterocycles. The molecule has 2 fully saturated rings. The molecule has 0 aliphatic carbocycles. The van der Waals surface area contributed by atoms with Crippen molar-refractivity contribution >= 4 is 29.2 Å². The Morgan fingerprint density at radius 3 is 2.63 bits per heavy atom. The summed E-state index contributed by atoms with van der Waals surface area (Å²) in [5.41, 5.74) is 3.76. The van der Waals surface area contributed by atoms with Crippen LogP contribution >= 0.6 is 0 Å². The monoisotopic (exact) mass is 556 g/mol. The van der Waals surface area contributed by atoms with Crippen LogP contribution in [0.5, 0.6) is 5.75 Å². The molecule has 0 radical (unpaired) electrons. The Labute approximate surface area is 242 Å². The fourth-order valence-corrected chi connectivity index (χ4v) is 5.39. The van der Waals surface area contributed by atoms with E-state index in [0.29, 0.717) is 28.6 Å². The van der Waals surface area contributed by atoms with Crippen molar-refractivity contribution in [2.75, 3.05) is 61.8 Å². The van der Waals surface area contributed by atoms with E-state index in [0.717, 1.165) is 69.2 Å². The second-order valence-corrected chi connectivity index (χ2v) is 11.3. The number of carbonyl (C=O) groups excluding carboxylic acids is 2. The summed E-state index contributed by atoms with van der Waals surface area (Å²) in [4.78, 5) is 37.3. The highest BCUT2D eigenvalue weighted by Gasteiger charge is 2.19. The van der Waals surface area contributed by atoms with Gasteiger partial charge in [-0.25, -0.2) is 9.78 Å². The Bertz CT molecular complexity index is 1370.